The lowest BCUT2D eigenvalue weighted by molar-refractivity contribution is 0.0693. The molecule has 1 aromatic rings. The van der Waals surface area contributed by atoms with Crippen molar-refractivity contribution in [1.29, 1.82) is 0 Å². The van der Waals surface area contributed by atoms with Crippen molar-refractivity contribution in [2.45, 2.75) is 45.1 Å². The fourth-order valence-electron chi connectivity index (χ4n) is 2.97. The van der Waals surface area contributed by atoms with Crippen LogP contribution in [-0.2, 0) is 0 Å². The summed E-state index contributed by atoms with van der Waals surface area (Å²) in [5.74, 6) is -0.728. The summed E-state index contributed by atoms with van der Waals surface area (Å²) in [5, 5.41) is 19.4. The molecule has 19 heavy (non-hydrogen) atoms. The average Bonchev–Trinajstić information content (AvgIpc) is 2.41. The summed E-state index contributed by atoms with van der Waals surface area (Å²) in [4.78, 5) is 11.3. The molecule has 4 N–H and O–H groups in total. The van der Waals surface area contributed by atoms with Crippen LogP contribution in [0, 0.1) is 12.8 Å². The first-order valence-corrected chi connectivity index (χ1v) is 6.83. The molecule has 0 unspecified atom stereocenters. The molecule has 0 heterocycles. The Hall–Kier alpha value is -1.55. The van der Waals surface area contributed by atoms with E-state index in [0.29, 0.717) is 11.1 Å². The number of rotatable bonds is 3. The van der Waals surface area contributed by atoms with Gasteiger partial charge in [0, 0.05) is 11.6 Å². The number of benzene rings is 1. The van der Waals surface area contributed by atoms with Gasteiger partial charge >= 0.3 is 5.97 Å². The molecule has 4 heteroatoms. The molecule has 1 fully saturated rings. The fraction of sp³-hybridized carbons (Fsp3) is 0.533. The number of aryl methyl sites for hydroxylation is 1. The van der Waals surface area contributed by atoms with Crippen LogP contribution in [0.3, 0.4) is 0 Å². The van der Waals surface area contributed by atoms with Crippen LogP contribution < -0.4 is 5.73 Å². The van der Waals surface area contributed by atoms with Crippen LogP contribution in [0.25, 0.3) is 0 Å². The molecule has 0 spiro atoms. The molecule has 0 saturated heterocycles. The molecule has 0 aliphatic heterocycles. The van der Waals surface area contributed by atoms with Crippen molar-refractivity contribution in [3.05, 3.63) is 28.8 Å². The Kier molecular flexibility index (Phi) is 4.10. The molecule has 1 aliphatic carbocycles. The average molecular weight is 263 g/mol. The van der Waals surface area contributed by atoms with Crippen molar-refractivity contribution in [3.8, 4) is 5.75 Å². The Bertz CT molecular complexity index is 479. The fourth-order valence-corrected chi connectivity index (χ4v) is 2.97. The van der Waals surface area contributed by atoms with Gasteiger partial charge in [-0.3, -0.25) is 0 Å². The summed E-state index contributed by atoms with van der Waals surface area (Å²) in [5.41, 5.74) is 7.46. The predicted octanol–water partition coefficient (Wildman–Crippen LogP) is 2.98. The third kappa shape index (κ3) is 2.73. The number of carbonyl (C=O) groups is 1. The van der Waals surface area contributed by atoms with Gasteiger partial charge in [-0.15, -0.1) is 0 Å². The number of hydrogen-bond donors (Lipinski definition) is 3. The van der Waals surface area contributed by atoms with Crippen molar-refractivity contribution < 1.29 is 15.0 Å². The zero-order valence-electron chi connectivity index (χ0n) is 11.2. The third-order valence-electron chi connectivity index (χ3n) is 4.14. The number of aromatic hydroxyl groups is 1. The topological polar surface area (TPSA) is 83.5 Å². The van der Waals surface area contributed by atoms with E-state index >= 15 is 0 Å². The van der Waals surface area contributed by atoms with Gasteiger partial charge in [0.15, 0.2) is 0 Å². The summed E-state index contributed by atoms with van der Waals surface area (Å²) >= 11 is 0. The third-order valence-corrected chi connectivity index (χ3v) is 4.14. The van der Waals surface area contributed by atoms with Crippen molar-refractivity contribution in [2.75, 3.05) is 0 Å². The van der Waals surface area contributed by atoms with E-state index in [9.17, 15) is 15.0 Å². The Labute approximate surface area is 113 Å². The van der Waals surface area contributed by atoms with Gasteiger partial charge in [-0.1, -0.05) is 25.3 Å². The van der Waals surface area contributed by atoms with Crippen molar-refractivity contribution in [1.82, 2.24) is 0 Å². The van der Waals surface area contributed by atoms with Crippen LogP contribution >= 0.6 is 0 Å². The molecule has 104 valence electrons. The van der Waals surface area contributed by atoms with Crippen molar-refractivity contribution >= 4 is 5.97 Å². The molecule has 0 bridgehead atoms. The quantitative estimate of drug-likeness (QED) is 0.782. The molecule has 1 atom stereocenters. The zero-order chi connectivity index (χ0) is 14.0. The first-order chi connectivity index (χ1) is 9.02. The normalized spacial score (nSPS) is 18.2. The first kappa shape index (κ1) is 13.9. The van der Waals surface area contributed by atoms with Gasteiger partial charge in [-0.05, 0) is 37.3 Å². The minimum Gasteiger partial charge on any atom is -0.507 e. The molecule has 0 radical (unpaired) electrons. The smallest absolute Gasteiger partial charge is 0.336 e. The van der Waals surface area contributed by atoms with Crippen LogP contribution in [0.15, 0.2) is 12.1 Å². The number of aromatic carboxylic acids is 1. The maximum atomic E-state index is 11.3. The van der Waals surface area contributed by atoms with Crippen LogP contribution in [0.5, 0.6) is 5.75 Å². The van der Waals surface area contributed by atoms with E-state index in [0.717, 1.165) is 25.7 Å². The second-order valence-electron chi connectivity index (χ2n) is 5.42. The molecule has 1 aliphatic rings. The highest BCUT2D eigenvalue weighted by Gasteiger charge is 2.28. The van der Waals surface area contributed by atoms with Crippen LogP contribution in [0.4, 0.5) is 0 Å². The summed E-state index contributed by atoms with van der Waals surface area (Å²) in [6.07, 6.45) is 5.50. The molecule has 4 nitrogen and oxygen atoms in total. The first-order valence-electron chi connectivity index (χ1n) is 6.83. The Morgan fingerprint density at radius 2 is 1.95 bits per heavy atom. The standard InChI is InChI=1S/C15H21NO3/c1-9-7-8-11(15(18)19)12(14(9)17)13(16)10-5-3-2-4-6-10/h7-8,10,13,17H,2-6,16H2,1H3,(H,18,19)/t13-/m0/s1. The van der Waals surface area contributed by atoms with Crippen LogP contribution in [-0.4, -0.2) is 16.2 Å². The van der Waals surface area contributed by atoms with E-state index in [1.165, 1.54) is 12.5 Å². The second-order valence-corrected chi connectivity index (χ2v) is 5.42. The molecule has 1 saturated carbocycles. The van der Waals surface area contributed by atoms with Gasteiger partial charge in [0.25, 0.3) is 0 Å². The van der Waals surface area contributed by atoms with Gasteiger partial charge in [0.05, 0.1) is 5.56 Å². The summed E-state index contributed by atoms with van der Waals surface area (Å²) in [6, 6.07) is 2.76. The number of hydrogen-bond acceptors (Lipinski definition) is 3. The number of carboxylic acid groups (broad SMARTS) is 1. The molecule has 0 aromatic heterocycles. The predicted molar refractivity (Wildman–Crippen MR) is 73.3 cm³/mol. The Balaban J connectivity index is 2.41. The highest BCUT2D eigenvalue weighted by atomic mass is 16.4. The molecular formula is C15H21NO3. The van der Waals surface area contributed by atoms with E-state index in [1.807, 2.05) is 0 Å². The van der Waals surface area contributed by atoms with Gasteiger partial charge < -0.3 is 15.9 Å². The zero-order valence-corrected chi connectivity index (χ0v) is 11.2. The SMILES string of the molecule is Cc1ccc(C(=O)O)c([C@@H](N)C2CCCCC2)c1O. The molecule has 1 aromatic carbocycles. The lowest BCUT2D eigenvalue weighted by atomic mass is 9.79. The Morgan fingerprint density at radius 1 is 1.32 bits per heavy atom. The van der Waals surface area contributed by atoms with E-state index < -0.39 is 12.0 Å². The number of phenols is 1. The summed E-state index contributed by atoms with van der Waals surface area (Å²) in [6.45, 7) is 1.76. The largest absolute Gasteiger partial charge is 0.507 e. The Morgan fingerprint density at radius 3 is 2.53 bits per heavy atom. The maximum absolute atomic E-state index is 11.3. The minimum absolute atomic E-state index is 0.0398. The van der Waals surface area contributed by atoms with Crippen molar-refractivity contribution in [2.24, 2.45) is 11.7 Å². The van der Waals surface area contributed by atoms with Gasteiger partial charge in [-0.2, -0.15) is 0 Å². The lowest BCUT2D eigenvalue weighted by Crippen LogP contribution is -2.25. The number of phenolic OH excluding ortho intramolecular Hbond substituents is 1. The highest BCUT2D eigenvalue weighted by molar-refractivity contribution is 5.90. The number of carboxylic acids is 1. The van der Waals surface area contributed by atoms with E-state index in [4.69, 9.17) is 5.73 Å². The van der Waals surface area contributed by atoms with Gasteiger partial charge in [0.1, 0.15) is 5.75 Å². The van der Waals surface area contributed by atoms with E-state index in [-0.39, 0.29) is 17.2 Å². The monoisotopic (exact) mass is 263 g/mol. The highest BCUT2D eigenvalue weighted by Crippen LogP contribution is 2.39. The molecule has 2 rings (SSSR count). The molecular weight excluding hydrogens is 242 g/mol. The minimum atomic E-state index is -1.03. The van der Waals surface area contributed by atoms with Gasteiger partial charge in [-0.25, -0.2) is 4.79 Å². The maximum Gasteiger partial charge on any atom is 0.336 e. The van der Waals surface area contributed by atoms with Gasteiger partial charge in [0.2, 0.25) is 0 Å². The number of nitrogens with two attached hydrogens (primary N) is 1. The van der Waals surface area contributed by atoms with E-state index in [2.05, 4.69) is 0 Å². The van der Waals surface area contributed by atoms with Crippen LogP contribution in [0.2, 0.25) is 0 Å². The second kappa shape index (κ2) is 5.61. The lowest BCUT2D eigenvalue weighted by Gasteiger charge is -2.29. The van der Waals surface area contributed by atoms with Crippen molar-refractivity contribution in [3.63, 3.8) is 0 Å². The molecule has 0 amide bonds. The van der Waals surface area contributed by atoms with E-state index in [1.54, 1.807) is 13.0 Å². The van der Waals surface area contributed by atoms with Crippen LogP contribution in [0.1, 0.15) is 59.6 Å². The summed E-state index contributed by atoms with van der Waals surface area (Å²) in [7, 11) is 0. The summed E-state index contributed by atoms with van der Waals surface area (Å²) < 4.78 is 0.